The summed E-state index contributed by atoms with van der Waals surface area (Å²) in [5, 5.41) is 4.14. The minimum atomic E-state index is -0.198. The number of halogens is 1. The van der Waals surface area contributed by atoms with E-state index in [9.17, 15) is 4.39 Å². The van der Waals surface area contributed by atoms with Gasteiger partial charge in [-0.15, -0.1) is 0 Å². The molecule has 1 aliphatic rings. The zero-order valence-electron chi connectivity index (χ0n) is 17.6. The number of anilines is 2. The van der Waals surface area contributed by atoms with E-state index in [0.29, 0.717) is 43.6 Å². The van der Waals surface area contributed by atoms with Crippen LogP contribution in [0.5, 0.6) is 5.75 Å². The second kappa shape index (κ2) is 8.66. The number of hydrogen-bond acceptors (Lipinski definition) is 7. The molecule has 0 spiro atoms. The van der Waals surface area contributed by atoms with Crippen molar-refractivity contribution >= 4 is 11.5 Å². The highest BCUT2D eigenvalue weighted by Gasteiger charge is 2.24. The predicted molar refractivity (Wildman–Crippen MR) is 120 cm³/mol. The van der Waals surface area contributed by atoms with Gasteiger partial charge in [0, 0.05) is 37.9 Å². The Morgan fingerprint density at radius 2 is 1.66 bits per heavy atom. The fourth-order valence-corrected chi connectivity index (χ4v) is 3.87. The van der Waals surface area contributed by atoms with Crippen LogP contribution in [-0.2, 0) is 0 Å². The molecule has 1 saturated heterocycles. The van der Waals surface area contributed by atoms with Gasteiger partial charge in [-0.1, -0.05) is 17.3 Å². The Labute approximate surface area is 185 Å². The van der Waals surface area contributed by atoms with Crippen LogP contribution < -0.4 is 14.5 Å². The van der Waals surface area contributed by atoms with Crippen LogP contribution in [0.15, 0.2) is 71.4 Å². The molecule has 0 atom stereocenters. The van der Waals surface area contributed by atoms with Gasteiger partial charge in [0.15, 0.2) is 0 Å². The molecule has 0 bridgehead atoms. The summed E-state index contributed by atoms with van der Waals surface area (Å²) < 4.78 is 24.9. The Morgan fingerprint density at radius 1 is 0.906 bits per heavy atom. The summed E-state index contributed by atoms with van der Waals surface area (Å²) in [7, 11) is 1.63. The van der Waals surface area contributed by atoms with E-state index in [1.807, 2.05) is 48.5 Å². The van der Waals surface area contributed by atoms with Crippen molar-refractivity contribution in [1.82, 2.24) is 15.1 Å². The molecule has 2 aromatic carbocycles. The van der Waals surface area contributed by atoms with Crippen molar-refractivity contribution in [3.05, 3.63) is 72.7 Å². The maximum absolute atomic E-state index is 14.2. The van der Waals surface area contributed by atoms with Crippen LogP contribution in [0.4, 0.5) is 15.9 Å². The van der Waals surface area contributed by atoms with E-state index in [1.165, 1.54) is 6.07 Å². The second-order valence-electron chi connectivity index (χ2n) is 7.45. The van der Waals surface area contributed by atoms with Gasteiger partial charge in [-0.25, -0.2) is 9.37 Å². The van der Waals surface area contributed by atoms with Crippen molar-refractivity contribution in [1.29, 1.82) is 0 Å². The van der Waals surface area contributed by atoms with E-state index >= 15 is 0 Å². The van der Waals surface area contributed by atoms with E-state index < -0.39 is 0 Å². The number of piperazine rings is 1. The minimum Gasteiger partial charge on any atom is -0.497 e. The zero-order chi connectivity index (χ0) is 21.9. The number of aromatic nitrogens is 3. The average Bonchev–Trinajstić information content (AvgIpc) is 3.35. The van der Waals surface area contributed by atoms with Gasteiger partial charge < -0.3 is 19.1 Å². The normalized spacial score (nSPS) is 13.9. The third-order valence-electron chi connectivity index (χ3n) is 5.56. The molecule has 0 radical (unpaired) electrons. The molecule has 8 heteroatoms. The summed E-state index contributed by atoms with van der Waals surface area (Å²) >= 11 is 0. The lowest BCUT2D eigenvalue weighted by atomic mass is 10.2. The number of nitrogens with zero attached hydrogens (tertiary/aromatic N) is 5. The number of pyridine rings is 1. The predicted octanol–water partition coefficient (Wildman–Crippen LogP) is 4.27. The smallest absolute Gasteiger partial charge is 0.261 e. The topological polar surface area (TPSA) is 67.5 Å². The number of para-hydroxylation sites is 1. The first-order valence-corrected chi connectivity index (χ1v) is 10.4. The molecule has 0 amide bonds. The molecule has 2 aromatic heterocycles. The van der Waals surface area contributed by atoms with Crippen LogP contribution in [0.2, 0.25) is 0 Å². The number of hydrogen-bond donors (Lipinski definition) is 0. The molecule has 1 fully saturated rings. The summed E-state index contributed by atoms with van der Waals surface area (Å²) in [5.41, 5.74) is 2.25. The number of benzene rings is 2. The summed E-state index contributed by atoms with van der Waals surface area (Å²) in [4.78, 5) is 13.4. The highest BCUT2D eigenvalue weighted by molar-refractivity contribution is 5.71. The average molecular weight is 431 g/mol. The van der Waals surface area contributed by atoms with Crippen LogP contribution in [0, 0.1) is 5.82 Å². The Balaban J connectivity index is 1.36. The zero-order valence-corrected chi connectivity index (χ0v) is 17.6. The molecule has 162 valence electrons. The molecule has 7 nitrogen and oxygen atoms in total. The van der Waals surface area contributed by atoms with E-state index in [1.54, 1.807) is 19.4 Å². The molecule has 32 heavy (non-hydrogen) atoms. The first-order chi connectivity index (χ1) is 15.7. The Bertz CT molecular complexity index is 1200. The van der Waals surface area contributed by atoms with Crippen LogP contribution in [0.3, 0.4) is 0 Å². The summed E-state index contributed by atoms with van der Waals surface area (Å²) in [6, 6.07) is 18.1. The Morgan fingerprint density at radius 3 is 2.41 bits per heavy atom. The summed E-state index contributed by atoms with van der Waals surface area (Å²) in [6.45, 7) is 2.80. The second-order valence-corrected chi connectivity index (χ2v) is 7.45. The van der Waals surface area contributed by atoms with Crippen LogP contribution in [0.1, 0.15) is 0 Å². The van der Waals surface area contributed by atoms with Crippen molar-refractivity contribution < 1.29 is 13.7 Å². The minimum absolute atomic E-state index is 0.198. The Kier molecular flexibility index (Phi) is 5.41. The van der Waals surface area contributed by atoms with Gasteiger partial charge in [-0.2, -0.15) is 4.98 Å². The number of methoxy groups -OCH3 is 1. The monoisotopic (exact) mass is 431 g/mol. The molecular weight excluding hydrogens is 409 g/mol. The van der Waals surface area contributed by atoms with Crippen LogP contribution >= 0.6 is 0 Å². The highest BCUT2D eigenvalue weighted by Crippen LogP contribution is 2.31. The first-order valence-electron chi connectivity index (χ1n) is 10.4. The van der Waals surface area contributed by atoms with Gasteiger partial charge in [0.05, 0.1) is 18.4 Å². The molecule has 0 aliphatic carbocycles. The van der Waals surface area contributed by atoms with Crippen molar-refractivity contribution in [2.75, 3.05) is 43.1 Å². The van der Waals surface area contributed by atoms with E-state index in [4.69, 9.17) is 9.26 Å². The van der Waals surface area contributed by atoms with E-state index in [-0.39, 0.29) is 5.82 Å². The van der Waals surface area contributed by atoms with E-state index in [2.05, 4.69) is 24.9 Å². The van der Waals surface area contributed by atoms with Crippen molar-refractivity contribution in [2.24, 2.45) is 0 Å². The quantitative estimate of drug-likeness (QED) is 0.467. The van der Waals surface area contributed by atoms with Crippen molar-refractivity contribution in [3.63, 3.8) is 0 Å². The highest BCUT2D eigenvalue weighted by atomic mass is 19.1. The molecule has 4 aromatic rings. The van der Waals surface area contributed by atoms with Gasteiger partial charge in [0.25, 0.3) is 5.89 Å². The maximum atomic E-state index is 14.2. The number of rotatable bonds is 5. The fraction of sp³-hybridized carbons (Fsp3) is 0.208. The van der Waals surface area contributed by atoms with Crippen molar-refractivity contribution in [2.45, 2.75) is 0 Å². The molecule has 3 heterocycles. The molecule has 0 N–H and O–H groups in total. The van der Waals surface area contributed by atoms with Crippen molar-refractivity contribution in [3.8, 4) is 28.6 Å². The third kappa shape index (κ3) is 3.87. The van der Waals surface area contributed by atoms with Crippen LogP contribution in [-0.4, -0.2) is 48.4 Å². The van der Waals surface area contributed by atoms with Gasteiger partial charge in [-0.3, -0.25) is 0 Å². The SMILES string of the molecule is COc1ccc(-c2noc(-c3cccnc3N3CCN(c4ccccc4F)CC3)n2)cc1. The summed E-state index contributed by atoms with van der Waals surface area (Å²) in [5.74, 6) is 2.26. The van der Waals surface area contributed by atoms with E-state index in [0.717, 1.165) is 22.7 Å². The lowest BCUT2D eigenvalue weighted by molar-refractivity contribution is 0.415. The molecule has 5 rings (SSSR count). The first kappa shape index (κ1) is 20.0. The maximum Gasteiger partial charge on any atom is 0.261 e. The third-order valence-corrected chi connectivity index (χ3v) is 5.56. The fourth-order valence-electron chi connectivity index (χ4n) is 3.87. The standard InChI is InChI=1S/C24H22FN5O2/c1-31-18-10-8-17(9-11-18)22-27-24(32-28-22)19-5-4-12-26-23(19)30-15-13-29(14-16-30)21-7-3-2-6-20(21)25/h2-12H,13-16H2,1H3. The summed E-state index contributed by atoms with van der Waals surface area (Å²) in [6.07, 6.45) is 1.75. The number of ether oxygens (including phenoxy) is 1. The van der Waals surface area contributed by atoms with Gasteiger partial charge in [0.2, 0.25) is 5.82 Å². The van der Waals surface area contributed by atoms with Crippen LogP contribution in [0.25, 0.3) is 22.8 Å². The molecule has 1 aliphatic heterocycles. The largest absolute Gasteiger partial charge is 0.497 e. The van der Waals surface area contributed by atoms with Gasteiger partial charge in [-0.05, 0) is 48.5 Å². The van der Waals surface area contributed by atoms with Gasteiger partial charge >= 0.3 is 0 Å². The lowest BCUT2D eigenvalue weighted by Gasteiger charge is -2.37. The van der Waals surface area contributed by atoms with Gasteiger partial charge in [0.1, 0.15) is 17.4 Å². The molecular formula is C24H22FN5O2. The molecule has 0 saturated carbocycles. The molecule has 0 unspecified atom stereocenters. The Hall–Kier alpha value is -3.94. The lowest BCUT2D eigenvalue weighted by Crippen LogP contribution is -2.47.